The molecule has 0 spiro atoms. The summed E-state index contributed by atoms with van der Waals surface area (Å²) in [6, 6.07) is 4.26. The van der Waals surface area contributed by atoms with E-state index in [1.54, 1.807) is 17.0 Å². The van der Waals surface area contributed by atoms with E-state index in [4.69, 9.17) is 11.6 Å². The number of nitro groups is 1. The Labute approximate surface area is 120 Å². The van der Waals surface area contributed by atoms with Crippen LogP contribution in [0.25, 0.3) is 0 Å². The minimum atomic E-state index is -0.484. The maximum atomic E-state index is 12.1. The molecule has 2 rings (SSSR count). The fourth-order valence-electron chi connectivity index (χ4n) is 1.92. The van der Waals surface area contributed by atoms with Crippen molar-refractivity contribution >= 4 is 17.3 Å². The maximum absolute atomic E-state index is 12.1. The van der Waals surface area contributed by atoms with Crippen LogP contribution in [-0.2, 0) is 6.54 Å². The van der Waals surface area contributed by atoms with Crippen molar-refractivity contribution in [1.29, 1.82) is 0 Å². The van der Waals surface area contributed by atoms with Gasteiger partial charge in [-0.25, -0.2) is 4.79 Å². The van der Waals surface area contributed by atoms with Gasteiger partial charge in [0, 0.05) is 35.6 Å². The van der Waals surface area contributed by atoms with E-state index in [0.29, 0.717) is 10.6 Å². The van der Waals surface area contributed by atoms with Crippen molar-refractivity contribution in [1.82, 2.24) is 9.13 Å². The summed E-state index contributed by atoms with van der Waals surface area (Å²) in [5, 5.41) is 11.2. The predicted molar refractivity (Wildman–Crippen MR) is 76.3 cm³/mol. The lowest BCUT2D eigenvalue weighted by Gasteiger charge is -2.06. The van der Waals surface area contributed by atoms with E-state index in [1.165, 1.54) is 22.8 Å². The van der Waals surface area contributed by atoms with Crippen LogP contribution >= 0.6 is 11.6 Å². The molecule has 0 atom stereocenters. The van der Waals surface area contributed by atoms with Gasteiger partial charge in [-0.1, -0.05) is 11.6 Å². The van der Waals surface area contributed by atoms with Gasteiger partial charge in [0.25, 0.3) is 5.69 Å². The monoisotopic (exact) mass is 295 g/mol. The number of nitrogens with zero attached hydrogens (tertiary/aromatic N) is 3. The molecular weight excluding hydrogens is 282 g/mol. The molecule has 106 valence electrons. The molecule has 0 saturated carbocycles. The minimum absolute atomic E-state index is 0.0410. The molecule has 0 radical (unpaired) electrons. The summed E-state index contributed by atoms with van der Waals surface area (Å²) < 4.78 is 3.07. The number of aromatic nitrogens is 2. The molecule has 1 aromatic heterocycles. The maximum Gasteiger partial charge on any atom is 0.328 e. The second-order valence-corrected chi connectivity index (χ2v) is 5.15. The number of imidazole rings is 1. The van der Waals surface area contributed by atoms with E-state index in [2.05, 4.69) is 0 Å². The Kier molecular flexibility index (Phi) is 3.94. The zero-order valence-electron chi connectivity index (χ0n) is 11.1. The third kappa shape index (κ3) is 2.75. The van der Waals surface area contributed by atoms with E-state index < -0.39 is 4.92 Å². The number of halogens is 1. The average Bonchev–Trinajstić information content (AvgIpc) is 2.73. The molecule has 0 saturated heterocycles. The first-order valence-electron chi connectivity index (χ1n) is 6.10. The Morgan fingerprint density at radius 1 is 1.35 bits per heavy atom. The fourth-order valence-corrected chi connectivity index (χ4v) is 2.10. The molecule has 1 aromatic carbocycles. The number of rotatable bonds is 4. The second kappa shape index (κ2) is 5.50. The highest BCUT2D eigenvalue weighted by Crippen LogP contribution is 2.22. The highest BCUT2D eigenvalue weighted by atomic mass is 35.5. The normalized spacial score (nSPS) is 11.0. The van der Waals surface area contributed by atoms with Crippen molar-refractivity contribution in [3.63, 3.8) is 0 Å². The van der Waals surface area contributed by atoms with Crippen LogP contribution in [0.4, 0.5) is 5.69 Å². The number of benzene rings is 1. The van der Waals surface area contributed by atoms with E-state index in [9.17, 15) is 14.9 Å². The molecule has 0 aliphatic heterocycles. The SMILES string of the molecule is CC(C)n1ccn(Cc2cc([N+](=O)[O-])ccc2Cl)c1=O. The van der Waals surface area contributed by atoms with Crippen LogP contribution in [0.5, 0.6) is 0 Å². The quantitative estimate of drug-likeness (QED) is 0.643. The average molecular weight is 296 g/mol. The fraction of sp³-hybridized carbons (Fsp3) is 0.308. The van der Waals surface area contributed by atoms with Crippen LogP contribution in [0, 0.1) is 10.1 Å². The van der Waals surface area contributed by atoms with Crippen LogP contribution in [0.1, 0.15) is 25.5 Å². The van der Waals surface area contributed by atoms with Crippen molar-refractivity contribution in [3.05, 3.63) is 61.8 Å². The van der Waals surface area contributed by atoms with Crippen LogP contribution in [0.15, 0.2) is 35.4 Å². The van der Waals surface area contributed by atoms with Gasteiger partial charge < -0.3 is 0 Å². The summed E-state index contributed by atoms with van der Waals surface area (Å²) in [6.07, 6.45) is 3.34. The summed E-state index contributed by atoms with van der Waals surface area (Å²) in [6.45, 7) is 4.03. The van der Waals surface area contributed by atoms with Gasteiger partial charge in [-0.2, -0.15) is 0 Å². The third-order valence-corrected chi connectivity index (χ3v) is 3.38. The third-order valence-electron chi connectivity index (χ3n) is 3.01. The van der Waals surface area contributed by atoms with Crippen molar-refractivity contribution in [3.8, 4) is 0 Å². The number of hydrogen-bond acceptors (Lipinski definition) is 3. The molecule has 2 aromatic rings. The van der Waals surface area contributed by atoms with Gasteiger partial charge in [-0.05, 0) is 25.5 Å². The largest absolute Gasteiger partial charge is 0.328 e. The van der Waals surface area contributed by atoms with Crippen LogP contribution in [-0.4, -0.2) is 14.1 Å². The van der Waals surface area contributed by atoms with Crippen LogP contribution in [0.2, 0.25) is 5.02 Å². The van der Waals surface area contributed by atoms with Crippen molar-refractivity contribution in [2.24, 2.45) is 0 Å². The molecular formula is C13H14ClN3O3. The lowest BCUT2D eigenvalue weighted by atomic mass is 10.2. The van der Waals surface area contributed by atoms with Gasteiger partial charge in [0.15, 0.2) is 0 Å². The Morgan fingerprint density at radius 3 is 2.60 bits per heavy atom. The summed E-state index contributed by atoms with van der Waals surface area (Å²) in [7, 11) is 0. The van der Waals surface area contributed by atoms with Crippen LogP contribution in [0.3, 0.4) is 0 Å². The highest BCUT2D eigenvalue weighted by molar-refractivity contribution is 6.31. The smallest absolute Gasteiger partial charge is 0.297 e. The first-order valence-corrected chi connectivity index (χ1v) is 6.48. The van der Waals surface area contributed by atoms with Gasteiger partial charge in [-0.15, -0.1) is 0 Å². The zero-order valence-corrected chi connectivity index (χ0v) is 11.9. The highest BCUT2D eigenvalue weighted by Gasteiger charge is 2.12. The van der Waals surface area contributed by atoms with Crippen LogP contribution < -0.4 is 5.69 Å². The van der Waals surface area contributed by atoms with Gasteiger partial charge in [0.05, 0.1) is 11.5 Å². The Morgan fingerprint density at radius 2 is 2.05 bits per heavy atom. The van der Waals surface area contributed by atoms with E-state index in [0.717, 1.165) is 0 Å². The van der Waals surface area contributed by atoms with E-state index in [-0.39, 0.29) is 24.0 Å². The standard InChI is InChI=1S/C13H14ClN3O3/c1-9(2)16-6-5-15(13(16)18)8-10-7-11(17(19)20)3-4-12(10)14/h3-7,9H,8H2,1-2H3. The second-order valence-electron chi connectivity index (χ2n) is 4.74. The number of non-ortho nitro benzene ring substituents is 1. The molecule has 20 heavy (non-hydrogen) atoms. The summed E-state index contributed by atoms with van der Waals surface area (Å²) in [5.41, 5.74) is 0.341. The Balaban J connectivity index is 2.37. The van der Waals surface area contributed by atoms with E-state index in [1.807, 2.05) is 13.8 Å². The predicted octanol–water partition coefficient (Wildman–Crippen LogP) is 2.84. The Hall–Kier alpha value is -2.08. The minimum Gasteiger partial charge on any atom is -0.297 e. The number of hydrogen-bond donors (Lipinski definition) is 0. The molecule has 0 aliphatic carbocycles. The molecule has 0 unspecified atom stereocenters. The van der Waals surface area contributed by atoms with Gasteiger partial charge >= 0.3 is 5.69 Å². The Bertz CT molecular complexity index is 703. The lowest BCUT2D eigenvalue weighted by molar-refractivity contribution is -0.384. The number of nitro benzene ring substituents is 1. The topological polar surface area (TPSA) is 70.1 Å². The molecule has 0 aliphatic rings. The van der Waals surface area contributed by atoms with Crippen molar-refractivity contribution in [2.45, 2.75) is 26.4 Å². The van der Waals surface area contributed by atoms with Gasteiger partial charge in [-0.3, -0.25) is 19.2 Å². The summed E-state index contributed by atoms with van der Waals surface area (Å²) in [5.74, 6) is 0. The molecule has 0 amide bonds. The summed E-state index contributed by atoms with van der Waals surface area (Å²) in [4.78, 5) is 22.4. The lowest BCUT2D eigenvalue weighted by Crippen LogP contribution is -2.25. The molecule has 0 fully saturated rings. The summed E-state index contributed by atoms with van der Waals surface area (Å²) >= 11 is 6.03. The first-order chi connectivity index (χ1) is 9.40. The molecule has 7 heteroatoms. The molecule has 1 heterocycles. The molecule has 0 N–H and O–H groups in total. The van der Waals surface area contributed by atoms with Crippen molar-refractivity contribution in [2.75, 3.05) is 0 Å². The van der Waals surface area contributed by atoms with Gasteiger partial charge in [0.2, 0.25) is 0 Å². The van der Waals surface area contributed by atoms with Crippen molar-refractivity contribution < 1.29 is 4.92 Å². The first kappa shape index (κ1) is 14.3. The zero-order chi connectivity index (χ0) is 14.9. The van der Waals surface area contributed by atoms with Gasteiger partial charge in [0.1, 0.15) is 0 Å². The molecule has 6 nitrogen and oxygen atoms in total. The molecule has 0 bridgehead atoms. The van der Waals surface area contributed by atoms with E-state index >= 15 is 0 Å².